The second kappa shape index (κ2) is 5.51. The Morgan fingerprint density at radius 1 is 1.37 bits per heavy atom. The van der Waals surface area contributed by atoms with Crippen LogP contribution in [0.3, 0.4) is 0 Å². The van der Waals surface area contributed by atoms with Gasteiger partial charge in [-0.25, -0.2) is 4.98 Å². The van der Waals surface area contributed by atoms with Gasteiger partial charge in [0.05, 0.1) is 11.3 Å². The highest BCUT2D eigenvalue weighted by atomic mass is 16.5. The molecule has 0 aromatic carbocycles. The molecule has 0 unspecified atom stereocenters. The number of nitrogens with zero attached hydrogens (tertiary/aromatic N) is 2. The molecule has 2 aromatic heterocycles. The van der Waals surface area contributed by atoms with Crippen molar-refractivity contribution in [1.82, 2.24) is 10.1 Å². The molecule has 0 saturated carbocycles. The minimum absolute atomic E-state index is 0.269. The molecule has 2 rings (SSSR count). The zero-order valence-electron chi connectivity index (χ0n) is 11.2. The monoisotopic (exact) mass is 260 g/mol. The van der Waals surface area contributed by atoms with E-state index in [0.717, 1.165) is 23.6 Å². The molecule has 2 N–H and O–H groups in total. The molecule has 1 amide bonds. The zero-order valence-corrected chi connectivity index (χ0v) is 11.2. The normalized spacial score (nSPS) is 10.3. The summed E-state index contributed by atoms with van der Waals surface area (Å²) in [5, 5.41) is 9.52. The summed E-state index contributed by atoms with van der Waals surface area (Å²) in [6, 6.07) is 3.47. The van der Waals surface area contributed by atoms with Gasteiger partial charge < -0.3 is 9.84 Å². The van der Waals surface area contributed by atoms with Gasteiger partial charge in [-0.05, 0) is 32.9 Å². The van der Waals surface area contributed by atoms with Crippen molar-refractivity contribution in [3.05, 3.63) is 35.2 Å². The van der Waals surface area contributed by atoms with Gasteiger partial charge in [0.25, 0.3) is 5.91 Å². The van der Waals surface area contributed by atoms with Crippen LogP contribution in [0, 0.1) is 13.8 Å². The largest absolute Gasteiger partial charge is 0.370 e. The fourth-order valence-electron chi connectivity index (χ4n) is 1.52. The summed E-state index contributed by atoms with van der Waals surface area (Å²) in [7, 11) is 0. The Kier molecular flexibility index (Phi) is 3.79. The predicted octanol–water partition coefficient (Wildman–Crippen LogP) is 2.37. The van der Waals surface area contributed by atoms with Gasteiger partial charge >= 0.3 is 0 Å². The fraction of sp³-hybridized carbons (Fsp3) is 0.308. The standard InChI is InChI=1S/C13H16N4O2/c1-4-14-11-6-5-10(7-15-11)12(18)16-13-8(2)9(3)17-19-13/h5-7H,4H2,1-3H3,(H,14,15)(H,16,18). The molecule has 0 aliphatic rings. The van der Waals surface area contributed by atoms with Gasteiger partial charge in [-0.2, -0.15) is 0 Å². The highest BCUT2D eigenvalue weighted by Crippen LogP contribution is 2.18. The first-order valence-corrected chi connectivity index (χ1v) is 6.06. The average Bonchev–Trinajstić information content (AvgIpc) is 2.72. The van der Waals surface area contributed by atoms with Crippen LogP contribution >= 0.6 is 0 Å². The molecule has 6 heteroatoms. The zero-order chi connectivity index (χ0) is 13.8. The van der Waals surface area contributed by atoms with Crippen molar-refractivity contribution < 1.29 is 9.32 Å². The fourth-order valence-corrected chi connectivity index (χ4v) is 1.52. The van der Waals surface area contributed by atoms with Gasteiger partial charge in [-0.1, -0.05) is 5.16 Å². The van der Waals surface area contributed by atoms with E-state index in [1.165, 1.54) is 6.20 Å². The number of carbonyl (C=O) groups excluding carboxylic acids is 1. The van der Waals surface area contributed by atoms with Crippen LogP contribution in [-0.4, -0.2) is 22.6 Å². The van der Waals surface area contributed by atoms with E-state index in [2.05, 4.69) is 20.8 Å². The van der Waals surface area contributed by atoms with Crippen LogP contribution in [0.5, 0.6) is 0 Å². The van der Waals surface area contributed by atoms with Crippen LogP contribution in [-0.2, 0) is 0 Å². The highest BCUT2D eigenvalue weighted by molar-refractivity contribution is 6.03. The van der Waals surface area contributed by atoms with Gasteiger partial charge in [0.1, 0.15) is 5.82 Å². The van der Waals surface area contributed by atoms with Crippen molar-refractivity contribution in [2.45, 2.75) is 20.8 Å². The number of hydrogen-bond acceptors (Lipinski definition) is 5. The Morgan fingerprint density at radius 3 is 2.68 bits per heavy atom. The molecule has 0 bridgehead atoms. The molecule has 19 heavy (non-hydrogen) atoms. The Balaban J connectivity index is 2.09. The maximum absolute atomic E-state index is 12.0. The second-order valence-corrected chi connectivity index (χ2v) is 4.14. The predicted molar refractivity (Wildman–Crippen MR) is 72.3 cm³/mol. The summed E-state index contributed by atoms with van der Waals surface area (Å²) < 4.78 is 5.03. The third-order valence-electron chi connectivity index (χ3n) is 2.77. The van der Waals surface area contributed by atoms with E-state index in [4.69, 9.17) is 4.52 Å². The number of carbonyl (C=O) groups is 1. The maximum Gasteiger partial charge on any atom is 0.259 e. The first-order chi connectivity index (χ1) is 9.11. The van der Waals surface area contributed by atoms with Crippen LogP contribution in [0.4, 0.5) is 11.7 Å². The van der Waals surface area contributed by atoms with Gasteiger partial charge in [0.15, 0.2) is 0 Å². The lowest BCUT2D eigenvalue weighted by atomic mass is 10.2. The minimum atomic E-state index is -0.269. The second-order valence-electron chi connectivity index (χ2n) is 4.14. The summed E-state index contributed by atoms with van der Waals surface area (Å²) in [4.78, 5) is 16.1. The molecule has 0 saturated heterocycles. The third-order valence-corrected chi connectivity index (χ3v) is 2.77. The Labute approximate surface area is 111 Å². The van der Waals surface area contributed by atoms with Crippen molar-refractivity contribution in [3.8, 4) is 0 Å². The number of nitrogens with one attached hydrogen (secondary N) is 2. The van der Waals surface area contributed by atoms with E-state index in [0.29, 0.717) is 11.4 Å². The Bertz CT molecular complexity index is 575. The van der Waals surface area contributed by atoms with Crippen LogP contribution in [0.1, 0.15) is 28.5 Å². The van der Waals surface area contributed by atoms with Crippen molar-refractivity contribution >= 4 is 17.6 Å². The molecule has 2 heterocycles. The SMILES string of the molecule is CCNc1ccc(C(=O)Nc2onc(C)c2C)cn1. The van der Waals surface area contributed by atoms with E-state index in [-0.39, 0.29) is 5.91 Å². The number of aromatic nitrogens is 2. The molecular formula is C13H16N4O2. The van der Waals surface area contributed by atoms with Crippen LogP contribution in [0.2, 0.25) is 0 Å². The molecule has 0 spiro atoms. The summed E-state index contributed by atoms with van der Waals surface area (Å²) in [5.74, 6) is 0.846. The van der Waals surface area contributed by atoms with Crippen molar-refractivity contribution in [2.24, 2.45) is 0 Å². The van der Waals surface area contributed by atoms with Gasteiger partial charge in [-0.15, -0.1) is 0 Å². The first-order valence-electron chi connectivity index (χ1n) is 6.06. The highest BCUT2D eigenvalue weighted by Gasteiger charge is 2.13. The maximum atomic E-state index is 12.0. The molecule has 100 valence electrons. The van der Waals surface area contributed by atoms with Crippen LogP contribution < -0.4 is 10.6 Å². The molecule has 0 atom stereocenters. The molecule has 0 fully saturated rings. The third kappa shape index (κ3) is 2.90. The smallest absolute Gasteiger partial charge is 0.259 e. The lowest BCUT2D eigenvalue weighted by Gasteiger charge is -2.04. The van der Waals surface area contributed by atoms with E-state index < -0.39 is 0 Å². The van der Waals surface area contributed by atoms with Gasteiger partial charge in [0, 0.05) is 18.3 Å². The molecular weight excluding hydrogens is 244 g/mol. The summed E-state index contributed by atoms with van der Waals surface area (Å²) in [5.41, 5.74) is 2.05. The quantitative estimate of drug-likeness (QED) is 0.882. The average molecular weight is 260 g/mol. The van der Waals surface area contributed by atoms with E-state index in [1.807, 2.05) is 20.8 Å². The number of aryl methyl sites for hydroxylation is 1. The van der Waals surface area contributed by atoms with Crippen molar-refractivity contribution in [2.75, 3.05) is 17.2 Å². The Hall–Kier alpha value is -2.37. The first kappa shape index (κ1) is 13.1. The molecule has 2 aromatic rings. The lowest BCUT2D eigenvalue weighted by molar-refractivity contribution is 0.102. The van der Waals surface area contributed by atoms with E-state index in [9.17, 15) is 4.79 Å². The molecule has 0 aliphatic heterocycles. The molecule has 6 nitrogen and oxygen atoms in total. The Morgan fingerprint density at radius 2 is 2.16 bits per heavy atom. The minimum Gasteiger partial charge on any atom is -0.370 e. The van der Waals surface area contributed by atoms with Crippen molar-refractivity contribution in [3.63, 3.8) is 0 Å². The van der Waals surface area contributed by atoms with Crippen molar-refractivity contribution in [1.29, 1.82) is 0 Å². The van der Waals surface area contributed by atoms with Gasteiger partial charge in [0.2, 0.25) is 5.88 Å². The number of amides is 1. The van der Waals surface area contributed by atoms with E-state index in [1.54, 1.807) is 12.1 Å². The number of pyridine rings is 1. The van der Waals surface area contributed by atoms with Crippen LogP contribution in [0.25, 0.3) is 0 Å². The number of rotatable bonds is 4. The summed E-state index contributed by atoms with van der Waals surface area (Å²) >= 11 is 0. The topological polar surface area (TPSA) is 80.0 Å². The number of anilines is 2. The summed E-state index contributed by atoms with van der Waals surface area (Å²) in [6.07, 6.45) is 1.52. The molecule has 0 aliphatic carbocycles. The van der Waals surface area contributed by atoms with E-state index >= 15 is 0 Å². The lowest BCUT2D eigenvalue weighted by Crippen LogP contribution is -2.12. The number of hydrogen-bond donors (Lipinski definition) is 2. The van der Waals surface area contributed by atoms with Gasteiger partial charge in [-0.3, -0.25) is 10.1 Å². The molecule has 0 radical (unpaired) electrons. The summed E-state index contributed by atoms with van der Waals surface area (Å²) in [6.45, 7) is 6.43. The van der Waals surface area contributed by atoms with Crippen LogP contribution in [0.15, 0.2) is 22.9 Å².